The Balaban J connectivity index is 1.82. The molecule has 0 saturated heterocycles. The van der Waals surface area contributed by atoms with Crippen LogP contribution in [0.2, 0.25) is 0 Å². The van der Waals surface area contributed by atoms with Gasteiger partial charge in [0.15, 0.2) is 0 Å². The number of hydrogen-bond acceptors (Lipinski definition) is 2. The molecule has 0 amide bonds. The largest absolute Gasteiger partial charge is 0.387 e. The van der Waals surface area contributed by atoms with Crippen LogP contribution in [0, 0.1) is 6.92 Å². The fraction of sp³-hybridized carbons (Fsp3) is 0.238. The summed E-state index contributed by atoms with van der Waals surface area (Å²) in [5, 5.41) is 13.0. The fourth-order valence-electron chi connectivity index (χ4n) is 2.97. The monoisotopic (exact) mass is 305 g/mol. The molecule has 3 aromatic rings. The first-order valence-electron chi connectivity index (χ1n) is 8.16. The minimum absolute atomic E-state index is 0.500. The lowest BCUT2D eigenvalue weighted by Gasteiger charge is -2.26. The molecular formula is C21H23NO. The van der Waals surface area contributed by atoms with Crippen LogP contribution in [0.15, 0.2) is 66.7 Å². The molecule has 3 rings (SSSR count). The minimum atomic E-state index is -0.500. The smallest absolute Gasteiger partial charge is 0.0965 e. The molecule has 2 nitrogen and oxygen atoms in total. The molecule has 0 heterocycles. The fourth-order valence-corrected chi connectivity index (χ4v) is 2.97. The third-order valence-electron chi connectivity index (χ3n) is 4.30. The van der Waals surface area contributed by atoms with Gasteiger partial charge >= 0.3 is 0 Å². The van der Waals surface area contributed by atoms with Gasteiger partial charge in [0.25, 0.3) is 0 Å². The highest BCUT2D eigenvalue weighted by molar-refractivity contribution is 5.83. The van der Waals surface area contributed by atoms with Gasteiger partial charge in [-0.1, -0.05) is 48.5 Å². The van der Waals surface area contributed by atoms with Gasteiger partial charge in [-0.3, -0.25) is 0 Å². The third-order valence-corrected chi connectivity index (χ3v) is 4.30. The Morgan fingerprint density at radius 3 is 2.43 bits per heavy atom. The average molecular weight is 305 g/mol. The molecule has 1 atom stereocenters. The number of benzene rings is 3. The number of likely N-dealkylation sites (N-methyl/N-ethyl adjacent to an activating group) is 1. The van der Waals surface area contributed by atoms with Crippen LogP contribution in [0.25, 0.3) is 10.8 Å². The Bertz CT molecular complexity index is 796. The Hall–Kier alpha value is -2.32. The van der Waals surface area contributed by atoms with Crippen molar-refractivity contribution in [3.8, 4) is 0 Å². The summed E-state index contributed by atoms with van der Waals surface area (Å²) in [6.45, 7) is 5.68. The maximum absolute atomic E-state index is 10.7. The average Bonchev–Trinajstić information content (AvgIpc) is 2.59. The number of aliphatic hydroxyl groups excluding tert-OH is 1. The predicted molar refractivity (Wildman–Crippen MR) is 98.0 cm³/mol. The van der Waals surface area contributed by atoms with Crippen molar-refractivity contribution in [1.29, 1.82) is 0 Å². The standard InChI is InChI=1S/C21H23NO/c1-3-22(20-10-6-7-16(2)13-20)15-21(23)19-12-11-17-8-4-5-9-18(17)14-19/h4-14,21,23H,3,15H2,1-2H3. The van der Waals surface area contributed by atoms with Crippen LogP contribution in [0.1, 0.15) is 24.2 Å². The first-order valence-corrected chi connectivity index (χ1v) is 8.16. The first-order chi connectivity index (χ1) is 11.2. The van der Waals surface area contributed by atoms with Gasteiger partial charge in [0.05, 0.1) is 6.10 Å². The molecule has 118 valence electrons. The van der Waals surface area contributed by atoms with E-state index < -0.39 is 6.10 Å². The Labute approximate surface area is 138 Å². The van der Waals surface area contributed by atoms with Crippen molar-refractivity contribution < 1.29 is 5.11 Å². The number of fused-ring (bicyclic) bond motifs is 1. The zero-order valence-electron chi connectivity index (χ0n) is 13.7. The summed E-state index contributed by atoms with van der Waals surface area (Å²) in [7, 11) is 0. The van der Waals surface area contributed by atoms with Crippen LogP contribution in [-0.4, -0.2) is 18.2 Å². The maximum atomic E-state index is 10.7. The number of hydrogen-bond donors (Lipinski definition) is 1. The highest BCUT2D eigenvalue weighted by Gasteiger charge is 2.13. The van der Waals surface area contributed by atoms with Gasteiger partial charge in [0.2, 0.25) is 0 Å². The van der Waals surface area contributed by atoms with Crippen molar-refractivity contribution in [2.45, 2.75) is 20.0 Å². The summed E-state index contributed by atoms with van der Waals surface area (Å²) < 4.78 is 0. The van der Waals surface area contributed by atoms with Gasteiger partial charge in [-0.25, -0.2) is 0 Å². The Morgan fingerprint density at radius 2 is 1.70 bits per heavy atom. The van der Waals surface area contributed by atoms with E-state index in [2.05, 4.69) is 67.3 Å². The Kier molecular flexibility index (Phi) is 4.63. The maximum Gasteiger partial charge on any atom is 0.0965 e. The molecule has 1 N–H and O–H groups in total. The van der Waals surface area contributed by atoms with E-state index in [0.717, 1.165) is 17.8 Å². The normalized spacial score (nSPS) is 12.3. The van der Waals surface area contributed by atoms with Crippen molar-refractivity contribution in [2.75, 3.05) is 18.0 Å². The van der Waals surface area contributed by atoms with E-state index in [1.165, 1.54) is 16.3 Å². The minimum Gasteiger partial charge on any atom is -0.387 e. The van der Waals surface area contributed by atoms with Gasteiger partial charge < -0.3 is 10.0 Å². The van der Waals surface area contributed by atoms with E-state index in [-0.39, 0.29) is 0 Å². The molecule has 0 radical (unpaired) electrons. The number of anilines is 1. The van der Waals surface area contributed by atoms with E-state index in [9.17, 15) is 5.11 Å². The summed E-state index contributed by atoms with van der Waals surface area (Å²) in [4.78, 5) is 2.22. The number of aliphatic hydroxyl groups is 1. The van der Waals surface area contributed by atoms with Crippen molar-refractivity contribution in [3.63, 3.8) is 0 Å². The highest BCUT2D eigenvalue weighted by Crippen LogP contribution is 2.23. The number of nitrogens with zero attached hydrogens (tertiary/aromatic N) is 1. The number of rotatable bonds is 5. The van der Waals surface area contributed by atoms with Crippen LogP contribution in [0.3, 0.4) is 0 Å². The molecule has 0 bridgehead atoms. The van der Waals surface area contributed by atoms with E-state index >= 15 is 0 Å². The molecule has 1 unspecified atom stereocenters. The van der Waals surface area contributed by atoms with Gasteiger partial charge in [-0.05, 0) is 53.9 Å². The SMILES string of the molecule is CCN(CC(O)c1ccc2ccccc2c1)c1cccc(C)c1. The molecule has 0 aliphatic carbocycles. The van der Waals surface area contributed by atoms with Crippen LogP contribution in [-0.2, 0) is 0 Å². The molecule has 0 aromatic heterocycles. The van der Waals surface area contributed by atoms with Gasteiger partial charge in [0.1, 0.15) is 0 Å². The second-order valence-electron chi connectivity index (χ2n) is 6.00. The second kappa shape index (κ2) is 6.84. The number of aryl methyl sites for hydroxylation is 1. The summed E-state index contributed by atoms with van der Waals surface area (Å²) in [5.74, 6) is 0. The lowest BCUT2D eigenvalue weighted by atomic mass is 10.0. The van der Waals surface area contributed by atoms with E-state index in [1.54, 1.807) is 0 Å². The third kappa shape index (κ3) is 3.54. The quantitative estimate of drug-likeness (QED) is 0.738. The molecule has 3 aromatic carbocycles. The molecule has 0 fully saturated rings. The van der Waals surface area contributed by atoms with E-state index in [4.69, 9.17) is 0 Å². The van der Waals surface area contributed by atoms with Gasteiger partial charge in [-0.2, -0.15) is 0 Å². The van der Waals surface area contributed by atoms with Crippen LogP contribution in [0.4, 0.5) is 5.69 Å². The summed E-state index contributed by atoms with van der Waals surface area (Å²) >= 11 is 0. The molecule has 0 spiro atoms. The zero-order valence-corrected chi connectivity index (χ0v) is 13.7. The summed E-state index contributed by atoms with van der Waals surface area (Å²) in [6.07, 6.45) is -0.500. The molecule has 0 aliphatic rings. The lowest BCUT2D eigenvalue weighted by molar-refractivity contribution is 0.184. The van der Waals surface area contributed by atoms with Gasteiger partial charge in [-0.15, -0.1) is 0 Å². The van der Waals surface area contributed by atoms with E-state index in [0.29, 0.717) is 6.54 Å². The molecule has 0 saturated carbocycles. The molecule has 2 heteroatoms. The highest BCUT2D eigenvalue weighted by atomic mass is 16.3. The van der Waals surface area contributed by atoms with Crippen LogP contribution >= 0.6 is 0 Å². The zero-order chi connectivity index (χ0) is 16.2. The van der Waals surface area contributed by atoms with Gasteiger partial charge in [0, 0.05) is 18.8 Å². The lowest BCUT2D eigenvalue weighted by Crippen LogP contribution is -2.28. The predicted octanol–water partition coefficient (Wildman–Crippen LogP) is 4.71. The van der Waals surface area contributed by atoms with Crippen LogP contribution in [0.5, 0.6) is 0 Å². The summed E-state index contributed by atoms with van der Waals surface area (Å²) in [5.41, 5.74) is 3.36. The molecule has 0 aliphatic heterocycles. The Morgan fingerprint density at radius 1 is 0.913 bits per heavy atom. The topological polar surface area (TPSA) is 23.5 Å². The van der Waals surface area contributed by atoms with Crippen molar-refractivity contribution >= 4 is 16.5 Å². The van der Waals surface area contributed by atoms with Crippen molar-refractivity contribution in [3.05, 3.63) is 77.9 Å². The second-order valence-corrected chi connectivity index (χ2v) is 6.00. The molecular weight excluding hydrogens is 282 g/mol. The van der Waals surface area contributed by atoms with Crippen molar-refractivity contribution in [1.82, 2.24) is 0 Å². The van der Waals surface area contributed by atoms with E-state index in [1.807, 2.05) is 18.2 Å². The molecule has 23 heavy (non-hydrogen) atoms. The first kappa shape index (κ1) is 15.6. The summed E-state index contributed by atoms with van der Waals surface area (Å²) in [6, 6.07) is 22.9. The van der Waals surface area contributed by atoms with Crippen molar-refractivity contribution in [2.24, 2.45) is 0 Å². The van der Waals surface area contributed by atoms with Crippen LogP contribution < -0.4 is 4.90 Å².